The number of carbonyl (C=O) groups is 2. The number of hydrogen-bond acceptors (Lipinski definition) is 2. The van der Waals surface area contributed by atoms with Gasteiger partial charge in [-0.2, -0.15) is 0 Å². The third kappa shape index (κ3) is 4.38. The molecule has 1 aliphatic carbocycles. The van der Waals surface area contributed by atoms with E-state index in [2.05, 4.69) is 26.6 Å². The van der Waals surface area contributed by atoms with Gasteiger partial charge in [-0.05, 0) is 41.3 Å². The fraction of sp³-hybridized carbons (Fsp3) is 0.538. The molecule has 1 aliphatic rings. The maximum atomic E-state index is 11.9. The lowest BCUT2D eigenvalue weighted by molar-refractivity contribution is -0.121. The standard InChI is InChI=1S/C13H18BrN3O2/c1-17-8-9(14)7-11(17)13(19)15-6-2-3-12(18)16-10-4-5-10/h7-8,10H,2-6H2,1H3,(H,15,19)(H,16,18). The second-order valence-electron chi connectivity index (χ2n) is 4.86. The van der Waals surface area contributed by atoms with E-state index in [1.54, 1.807) is 10.6 Å². The van der Waals surface area contributed by atoms with Crippen LogP contribution in [0.2, 0.25) is 0 Å². The van der Waals surface area contributed by atoms with Gasteiger partial charge in [-0.1, -0.05) is 0 Å². The molecule has 1 aromatic heterocycles. The topological polar surface area (TPSA) is 63.1 Å². The average Bonchev–Trinajstić information content (AvgIpc) is 3.08. The lowest BCUT2D eigenvalue weighted by Crippen LogP contribution is -2.29. The molecule has 19 heavy (non-hydrogen) atoms. The van der Waals surface area contributed by atoms with Crippen molar-refractivity contribution in [2.75, 3.05) is 6.54 Å². The van der Waals surface area contributed by atoms with Crippen molar-refractivity contribution in [3.05, 3.63) is 22.4 Å². The van der Waals surface area contributed by atoms with Crippen LogP contribution in [0.5, 0.6) is 0 Å². The van der Waals surface area contributed by atoms with Crippen LogP contribution in [-0.2, 0) is 11.8 Å². The van der Waals surface area contributed by atoms with Crippen LogP contribution in [0.15, 0.2) is 16.7 Å². The second kappa shape index (κ2) is 6.23. The zero-order chi connectivity index (χ0) is 13.8. The highest BCUT2D eigenvalue weighted by atomic mass is 79.9. The first-order valence-corrected chi connectivity index (χ1v) is 7.25. The van der Waals surface area contributed by atoms with Gasteiger partial charge in [-0.15, -0.1) is 0 Å². The van der Waals surface area contributed by atoms with Gasteiger partial charge in [0, 0.05) is 36.7 Å². The first-order valence-electron chi connectivity index (χ1n) is 6.45. The van der Waals surface area contributed by atoms with E-state index >= 15 is 0 Å². The van der Waals surface area contributed by atoms with E-state index < -0.39 is 0 Å². The van der Waals surface area contributed by atoms with Crippen molar-refractivity contribution in [1.29, 1.82) is 0 Å². The Morgan fingerprint density at radius 1 is 1.47 bits per heavy atom. The molecule has 0 aromatic carbocycles. The SMILES string of the molecule is Cn1cc(Br)cc1C(=O)NCCCC(=O)NC1CC1. The van der Waals surface area contributed by atoms with Crippen LogP contribution >= 0.6 is 15.9 Å². The van der Waals surface area contributed by atoms with Gasteiger partial charge in [-0.25, -0.2) is 0 Å². The quantitative estimate of drug-likeness (QED) is 0.779. The molecule has 2 rings (SSSR count). The fourth-order valence-corrected chi connectivity index (χ4v) is 2.34. The molecule has 0 bridgehead atoms. The Morgan fingerprint density at radius 2 is 2.21 bits per heavy atom. The first-order chi connectivity index (χ1) is 9.06. The molecule has 5 nitrogen and oxygen atoms in total. The van der Waals surface area contributed by atoms with Gasteiger partial charge >= 0.3 is 0 Å². The first kappa shape index (κ1) is 14.1. The van der Waals surface area contributed by atoms with Crippen LogP contribution in [0, 0.1) is 0 Å². The van der Waals surface area contributed by atoms with Crippen molar-refractivity contribution in [1.82, 2.24) is 15.2 Å². The van der Waals surface area contributed by atoms with Crippen molar-refractivity contribution >= 4 is 27.7 Å². The van der Waals surface area contributed by atoms with Crippen molar-refractivity contribution in [3.63, 3.8) is 0 Å². The summed E-state index contributed by atoms with van der Waals surface area (Å²) in [5, 5.41) is 5.74. The monoisotopic (exact) mass is 327 g/mol. The Labute approximate surface area is 120 Å². The minimum atomic E-state index is -0.115. The summed E-state index contributed by atoms with van der Waals surface area (Å²) < 4.78 is 2.64. The van der Waals surface area contributed by atoms with Crippen molar-refractivity contribution in [2.45, 2.75) is 31.7 Å². The Bertz CT molecular complexity index is 480. The smallest absolute Gasteiger partial charge is 0.267 e. The summed E-state index contributed by atoms with van der Waals surface area (Å²) in [4.78, 5) is 23.3. The number of hydrogen-bond donors (Lipinski definition) is 2. The van der Waals surface area contributed by atoms with Gasteiger partial charge in [0.05, 0.1) is 0 Å². The molecule has 0 spiro atoms. The van der Waals surface area contributed by atoms with Crippen molar-refractivity contribution in [3.8, 4) is 0 Å². The summed E-state index contributed by atoms with van der Waals surface area (Å²) in [6, 6.07) is 2.18. The van der Waals surface area contributed by atoms with Crippen LogP contribution in [0.25, 0.3) is 0 Å². The number of rotatable bonds is 6. The fourth-order valence-electron chi connectivity index (χ4n) is 1.82. The highest BCUT2D eigenvalue weighted by Crippen LogP contribution is 2.18. The zero-order valence-electron chi connectivity index (χ0n) is 10.9. The van der Waals surface area contributed by atoms with Gasteiger partial charge in [0.1, 0.15) is 5.69 Å². The predicted octanol–water partition coefficient (Wildman–Crippen LogP) is 1.58. The predicted molar refractivity (Wildman–Crippen MR) is 75.8 cm³/mol. The third-order valence-electron chi connectivity index (χ3n) is 3.01. The average molecular weight is 328 g/mol. The Morgan fingerprint density at radius 3 is 2.79 bits per heavy atom. The van der Waals surface area contributed by atoms with E-state index in [0.717, 1.165) is 17.3 Å². The van der Waals surface area contributed by atoms with Crippen LogP contribution in [0.3, 0.4) is 0 Å². The molecule has 0 aliphatic heterocycles. The van der Waals surface area contributed by atoms with Crippen molar-refractivity contribution in [2.24, 2.45) is 7.05 Å². The van der Waals surface area contributed by atoms with Crippen molar-refractivity contribution < 1.29 is 9.59 Å². The molecule has 2 amide bonds. The van der Waals surface area contributed by atoms with E-state index in [0.29, 0.717) is 31.1 Å². The molecule has 1 aromatic rings. The van der Waals surface area contributed by atoms with Gasteiger partial charge in [-0.3, -0.25) is 9.59 Å². The number of aryl methyl sites for hydroxylation is 1. The summed E-state index contributed by atoms with van der Waals surface area (Å²) in [6.07, 6.45) is 5.16. The number of nitrogens with zero attached hydrogens (tertiary/aromatic N) is 1. The number of carbonyl (C=O) groups excluding carboxylic acids is 2. The minimum absolute atomic E-state index is 0.0818. The number of halogens is 1. The normalized spacial score (nSPS) is 14.2. The molecule has 1 saturated carbocycles. The van der Waals surface area contributed by atoms with Crippen LogP contribution in [-0.4, -0.2) is 29.0 Å². The highest BCUT2D eigenvalue weighted by Gasteiger charge is 2.22. The molecular weight excluding hydrogens is 310 g/mol. The van der Waals surface area contributed by atoms with Gasteiger partial charge in [0.25, 0.3) is 5.91 Å². The Kier molecular flexibility index (Phi) is 4.63. The summed E-state index contributed by atoms with van der Waals surface area (Å²) in [6.45, 7) is 0.514. The molecule has 0 atom stereocenters. The minimum Gasteiger partial charge on any atom is -0.353 e. The van der Waals surface area contributed by atoms with Gasteiger partial charge in [0.2, 0.25) is 5.91 Å². The molecule has 0 unspecified atom stereocenters. The third-order valence-corrected chi connectivity index (χ3v) is 3.45. The maximum Gasteiger partial charge on any atom is 0.267 e. The van der Waals surface area contributed by atoms with E-state index in [9.17, 15) is 9.59 Å². The molecule has 0 radical (unpaired) electrons. The Balaban J connectivity index is 1.66. The number of nitrogens with one attached hydrogen (secondary N) is 2. The lowest BCUT2D eigenvalue weighted by Gasteiger charge is -2.06. The second-order valence-corrected chi connectivity index (χ2v) is 5.77. The van der Waals surface area contributed by atoms with Crippen LogP contribution in [0.4, 0.5) is 0 Å². The van der Waals surface area contributed by atoms with E-state index in [1.165, 1.54) is 0 Å². The van der Waals surface area contributed by atoms with Crippen LogP contribution in [0.1, 0.15) is 36.2 Å². The van der Waals surface area contributed by atoms with Gasteiger partial charge in [0.15, 0.2) is 0 Å². The zero-order valence-corrected chi connectivity index (χ0v) is 12.5. The Hall–Kier alpha value is -1.30. The summed E-state index contributed by atoms with van der Waals surface area (Å²) in [5.41, 5.74) is 0.606. The molecular formula is C13H18BrN3O2. The molecule has 0 saturated heterocycles. The number of amides is 2. The molecule has 2 N–H and O–H groups in total. The van der Waals surface area contributed by atoms with E-state index in [-0.39, 0.29) is 11.8 Å². The van der Waals surface area contributed by atoms with Gasteiger partial charge < -0.3 is 15.2 Å². The van der Waals surface area contributed by atoms with E-state index in [1.807, 2.05) is 13.2 Å². The summed E-state index contributed by atoms with van der Waals surface area (Å²) in [7, 11) is 1.82. The van der Waals surface area contributed by atoms with E-state index in [4.69, 9.17) is 0 Å². The number of aromatic nitrogens is 1. The summed E-state index contributed by atoms with van der Waals surface area (Å²) >= 11 is 3.33. The highest BCUT2D eigenvalue weighted by molar-refractivity contribution is 9.10. The van der Waals surface area contributed by atoms with Crippen LogP contribution < -0.4 is 10.6 Å². The lowest BCUT2D eigenvalue weighted by atomic mass is 10.3. The molecule has 104 valence electrons. The molecule has 1 heterocycles. The largest absolute Gasteiger partial charge is 0.353 e. The molecule has 1 fully saturated rings. The maximum absolute atomic E-state index is 11.9. The molecule has 6 heteroatoms. The summed E-state index contributed by atoms with van der Waals surface area (Å²) in [5.74, 6) is -0.0332.